The van der Waals surface area contributed by atoms with Gasteiger partial charge in [0, 0.05) is 29.7 Å². The number of hydrogen-bond acceptors (Lipinski definition) is 2. The Morgan fingerprint density at radius 3 is 2.90 bits per heavy atom. The molecule has 0 radical (unpaired) electrons. The Morgan fingerprint density at radius 1 is 1.43 bits per heavy atom. The van der Waals surface area contributed by atoms with Gasteiger partial charge in [-0.25, -0.2) is 4.79 Å². The summed E-state index contributed by atoms with van der Waals surface area (Å²) in [6, 6.07) is 7.91. The largest absolute Gasteiger partial charge is 0.445 e. The van der Waals surface area contributed by atoms with Crippen LogP contribution in [0, 0.1) is 0 Å². The molecule has 4 heteroatoms. The van der Waals surface area contributed by atoms with Crippen LogP contribution < -0.4 is 0 Å². The van der Waals surface area contributed by atoms with Crippen LogP contribution in [-0.4, -0.2) is 28.6 Å². The summed E-state index contributed by atoms with van der Waals surface area (Å²) in [4.78, 5) is 16.9. The monoisotopic (exact) mass is 286 g/mol. The molecule has 0 atom stereocenters. The Bertz CT molecular complexity index is 643. The zero-order valence-electron chi connectivity index (χ0n) is 12.8. The van der Waals surface area contributed by atoms with Crippen molar-refractivity contribution in [1.82, 2.24) is 9.88 Å². The van der Waals surface area contributed by atoms with Crippen LogP contribution in [0.1, 0.15) is 25.8 Å². The second-order valence-corrected chi connectivity index (χ2v) is 5.77. The second kappa shape index (κ2) is 6.04. The number of rotatable bonds is 5. The summed E-state index contributed by atoms with van der Waals surface area (Å²) >= 11 is 0. The summed E-state index contributed by atoms with van der Waals surface area (Å²) in [6.45, 7) is 7.97. The number of fused-ring (bicyclic) bond motifs is 1. The van der Waals surface area contributed by atoms with Gasteiger partial charge in [0.25, 0.3) is 0 Å². The van der Waals surface area contributed by atoms with Crippen molar-refractivity contribution in [3.05, 3.63) is 48.7 Å². The van der Waals surface area contributed by atoms with Crippen LogP contribution in [-0.2, 0) is 11.3 Å². The molecular weight excluding hydrogens is 264 g/mol. The van der Waals surface area contributed by atoms with Crippen LogP contribution >= 0.6 is 0 Å². The van der Waals surface area contributed by atoms with E-state index in [2.05, 4.69) is 11.6 Å². The third-order valence-corrected chi connectivity index (χ3v) is 3.86. The zero-order valence-corrected chi connectivity index (χ0v) is 12.8. The smallest absolute Gasteiger partial charge is 0.410 e. The van der Waals surface area contributed by atoms with Crippen molar-refractivity contribution in [3.63, 3.8) is 0 Å². The Labute approximate surface area is 125 Å². The lowest BCUT2D eigenvalue weighted by Crippen LogP contribution is -2.44. The average molecular weight is 286 g/mol. The van der Waals surface area contributed by atoms with Crippen molar-refractivity contribution < 1.29 is 9.53 Å². The molecule has 0 saturated heterocycles. The fourth-order valence-corrected chi connectivity index (χ4v) is 2.25. The lowest BCUT2D eigenvalue weighted by atomic mass is 9.99. The van der Waals surface area contributed by atoms with Gasteiger partial charge in [-0.2, -0.15) is 0 Å². The van der Waals surface area contributed by atoms with Crippen molar-refractivity contribution >= 4 is 17.0 Å². The molecule has 0 aliphatic carbocycles. The number of carbonyl (C=O) groups excluding carboxylic acids is 1. The number of H-pyrrole nitrogens is 1. The van der Waals surface area contributed by atoms with Gasteiger partial charge in [-0.1, -0.05) is 18.2 Å². The molecule has 0 aliphatic heterocycles. The van der Waals surface area contributed by atoms with Crippen molar-refractivity contribution in [2.75, 3.05) is 7.05 Å². The number of ether oxygens (including phenoxy) is 1. The number of amides is 1. The lowest BCUT2D eigenvalue weighted by Gasteiger charge is -2.34. The molecule has 1 N–H and O–H groups in total. The average Bonchev–Trinajstić information content (AvgIpc) is 2.92. The maximum Gasteiger partial charge on any atom is 0.410 e. The maximum atomic E-state index is 12.2. The SMILES string of the molecule is C=CCC(C)(C)N(C)C(=O)OCc1cccc2[nH]ccc12. The fraction of sp³-hybridized carbons (Fsp3) is 0.353. The number of benzene rings is 1. The van der Waals surface area contributed by atoms with Gasteiger partial charge in [0.1, 0.15) is 6.61 Å². The topological polar surface area (TPSA) is 45.3 Å². The first-order chi connectivity index (χ1) is 9.95. The summed E-state index contributed by atoms with van der Waals surface area (Å²) in [5.74, 6) is 0. The first-order valence-electron chi connectivity index (χ1n) is 7.02. The molecule has 1 heterocycles. The number of nitrogens with one attached hydrogen (secondary N) is 1. The molecule has 0 aliphatic rings. The quantitative estimate of drug-likeness (QED) is 0.841. The molecule has 112 valence electrons. The van der Waals surface area contributed by atoms with E-state index in [1.54, 1.807) is 11.9 Å². The summed E-state index contributed by atoms with van der Waals surface area (Å²) in [5, 5.41) is 1.08. The molecule has 21 heavy (non-hydrogen) atoms. The summed E-state index contributed by atoms with van der Waals surface area (Å²) in [6.07, 6.45) is 4.08. The molecule has 1 amide bonds. The third-order valence-electron chi connectivity index (χ3n) is 3.86. The van der Waals surface area contributed by atoms with Gasteiger partial charge in [-0.05, 0) is 38.0 Å². The maximum absolute atomic E-state index is 12.2. The summed E-state index contributed by atoms with van der Waals surface area (Å²) in [5.41, 5.74) is 1.74. The lowest BCUT2D eigenvalue weighted by molar-refractivity contribution is 0.0717. The molecule has 1 aromatic heterocycles. The molecule has 2 aromatic rings. The van der Waals surface area contributed by atoms with Crippen LogP contribution in [0.25, 0.3) is 10.9 Å². The van der Waals surface area contributed by atoms with E-state index in [1.165, 1.54) is 0 Å². The fourth-order valence-electron chi connectivity index (χ4n) is 2.25. The highest BCUT2D eigenvalue weighted by Crippen LogP contribution is 2.21. The molecule has 0 fully saturated rings. The van der Waals surface area contributed by atoms with E-state index in [4.69, 9.17) is 4.74 Å². The van der Waals surface area contributed by atoms with E-state index in [0.29, 0.717) is 6.42 Å². The number of nitrogens with zero attached hydrogens (tertiary/aromatic N) is 1. The minimum Gasteiger partial charge on any atom is -0.445 e. The standard InChI is InChI=1S/C17H22N2O2/c1-5-10-17(2,3)19(4)16(20)21-12-13-7-6-8-15-14(13)9-11-18-15/h5-9,11,18H,1,10,12H2,2-4H3. The number of aromatic nitrogens is 1. The van der Waals surface area contributed by atoms with Gasteiger partial charge in [0.05, 0.1) is 0 Å². The zero-order chi connectivity index (χ0) is 15.5. The molecule has 0 saturated carbocycles. The number of carbonyl (C=O) groups is 1. The first-order valence-corrected chi connectivity index (χ1v) is 7.02. The van der Waals surface area contributed by atoms with E-state index < -0.39 is 0 Å². The third kappa shape index (κ3) is 3.27. The highest BCUT2D eigenvalue weighted by molar-refractivity contribution is 5.83. The predicted octanol–water partition coefficient (Wildman–Crippen LogP) is 4.09. The molecule has 2 rings (SSSR count). The van der Waals surface area contributed by atoms with E-state index >= 15 is 0 Å². The van der Waals surface area contributed by atoms with Gasteiger partial charge in [0.15, 0.2) is 0 Å². The minimum absolute atomic E-state index is 0.266. The van der Waals surface area contributed by atoms with E-state index in [1.807, 2.05) is 50.4 Å². The van der Waals surface area contributed by atoms with Crippen LogP contribution in [0.3, 0.4) is 0 Å². The molecule has 1 aromatic carbocycles. The van der Waals surface area contributed by atoms with Crippen LogP contribution in [0.2, 0.25) is 0 Å². The normalized spacial score (nSPS) is 11.4. The minimum atomic E-state index is -0.325. The molecule has 0 spiro atoms. The Hall–Kier alpha value is -2.23. The van der Waals surface area contributed by atoms with Crippen LogP contribution in [0.4, 0.5) is 4.79 Å². The second-order valence-electron chi connectivity index (χ2n) is 5.77. The van der Waals surface area contributed by atoms with E-state index in [0.717, 1.165) is 16.5 Å². The number of hydrogen-bond donors (Lipinski definition) is 1. The molecule has 4 nitrogen and oxygen atoms in total. The molecular formula is C17H22N2O2. The van der Waals surface area contributed by atoms with Crippen LogP contribution in [0.15, 0.2) is 43.1 Å². The molecule has 0 bridgehead atoms. The van der Waals surface area contributed by atoms with Crippen molar-refractivity contribution in [2.24, 2.45) is 0 Å². The van der Waals surface area contributed by atoms with Crippen molar-refractivity contribution in [1.29, 1.82) is 0 Å². The van der Waals surface area contributed by atoms with Gasteiger partial charge in [-0.3, -0.25) is 0 Å². The first kappa shape index (κ1) is 15.2. The summed E-state index contributed by atoms with van der Waals surface area (Å²) in [7, 11) is 1.75. The molecule has 0 unspecified atom stereocenters. The van der Waals surface area contributed by atoms with Gasteiger partial charge < -0.3 is 14.6 Å². The van der Waals surface area contributed by atoms with Gasteiger partial charge in [0.2, 0.25) is 0 Å². The van der Waals surface area contributed by atoms with Gasteiger partial charge >= 0.3 is 6.09 Å². The van der Waals surface area contributed by atoms with E-state index in [-0.39, 0.29) is 18.2 Å². The highest BCUT2D eigenvalue weighted by atomic mass is 16.6. The number of aromatic amines is 1. The Balaban J connectivity index is 2.04. The summed E-state index contributed by atoms with van der Waals surface area (Å²) < 4.78 is 5.44. The Morgan fingerprint density at radius 2 is 2.19 bits per heavy atom. The van der Waals surface area contributed by atoms with Gasteiger partial charge in [-0.15, -0.1) is 6.58 Å². The van der Waals surface area contributed by atoms with Crippen molar-refractivity contribution in [3.8, 4) is 0 Å². The predicted molar refractivity (Wildman–Crippen MR) is 85.1 cm³/mol. The highest BCUT2D eigenvalue weighted by Gasteiger charge is 2.27. The van der Waals surface area contributed by atoms with E-state index in [9.17, 15) is 4.79 Å². The van der Waals surface area contributed by atoms with Crippen LogP contribution in [0.5, 0.6) is 0 Å². The Kier molecular flexibility index (Phi) is 4.36. The van der Waals surface area contributed by atoms with Crippen molar-refractivity contribution in [2.45, 2.75) is 32.4 Å².